The van der Waals surface area contributed by atoms with E-state index in [1.54, 1.807) is 0 Å². The standard InChI is InChI=1S/C20H26O3/c1-18-6-5-15-12(16(18)13-9-14(13)17(18)22)4-8-20(23)10-11(21)3-7-19(15,20)2/h4,8-9,11-13,15-16,21,23H,3,5-7,10H2,1-2H3/t11?,12?,13-,15?,16?,18+,19-,20+/m1/s1. The number of aliphatic hydroxyl groups excluding tert-OH is 1. The van der Waals surface area contributed by atoms with Crippen molar-refractivity contribution in [1.29, 1.82) is 0 Å². The van der Waals surface area contributed by atoms with Gasteiger partial charge in [0.05, 0.1) is 11.7 Å². The fourth-order valence-corrected chi connectivity index (χ4v) is 6.80. The van der Waals surface area contributed by atoms with Gasteiger partial charge in [0.1, 0.15) is 0 Å². The van der Waals surface area contributed by atoms with Crippen molar-refractivity contribution in [3.8, 4) is 0 Å². The third kappa shape index (κ3) is 1.52. The maximum Gasteiger partial charge on any atom is 0.165 e. The molecule has 124 valence electrons. The van der Waals surface area contributed by atoms with Crippen LogP contribution in [0.15, 0.2) is 23.8 Å². The lowest BCUT2D eigenvalue weighted by atomic mass is 9.45. The number of Topliss-reactive ketones (excluding diaryl/α,β-unsaturated/α-hetero) is 1. The van der Waals surface area contributed by atoms with E-state index >= 15 is 0 Å². The van der Waals surface area contributed by atoms with Crippen LogP contribution in [0.1, 0.15) is 46.0 Å². The summed E-state index contributed by atoms with van der Waals surface area (Å²) in [6.45, 7) is 4.39. The summed E-state index contributed by atoms with van der Waals surface area (Å²) >= 11 is 0. The number of allylic oxidation sites excluding steroid dienone is 3. The Labute approximate surface area is 137 Å². The highest BCUT2D eigenvalue weighted by Crippen LogP contribution is 2.69. The molecule has 3 heteroatoms. The van der Waals surface area contributed by atoms with Crippen LogP contribution >= 0.6 is 0 Å². The lowest BCUT2D eigenvalue weighted by Crippen LogP contribution is -2.61. The third-order valence-corrected chi connectivity index (χ3v) is 8.31. The van der Waals surface area contributed by atoms with Crippen molar-refractivity contribution >= 4 is 5.78 Å². The van der Waals surface area contributed by atoms with Crippen LogP contribution in [0.4, 0.5) is 0 Å². The fraction of sp³-hybridized carbons (Fsp3) is 0.750. The highest BCUT2D eigenvalue weighted by molar-refractivity contribution is 6.07. The van der Waals surface area contributed by atoms with Crippen molar-refractivity contribution in [2.24, 2.45) is 34.5 Å². The minimum atomic E-state index is -0.887. The molecule has 0 aliphatic heterocycles. The van der Waals surface area contributed by atoms with E-state index in [0.717, 1.165) is 31.3 Å². The molecule has 4 unspecified atom stereocenters. The molecule has 3 nitrogen and oxygen atoms in total. The molecular formula is C20H26O3. The highest BCUT2D eigenvalue weighted by atomic mass is 16.3. The lowest BCUT2D eigenvalue weighted by molar-refractivity contribution is -0.168. The summed E-state index contributed by atoms with van der Waals surface area (Å²) in [4.78, 5) is 12.7. The number of hydrogen-bond acceptors (Lipinski definition) is 3. The van der Waals surface area contributed by atoms with Gasteiger partial charge in [-0.1, -0.05) is 32.1 Å². The van der Waals surface area contributed by atoms with Gasteiger partial charge in [0.2, 0.25) is 0 Å². The van der Waals surface area contributed by atoms with Gasteiger partial charge in [-0.25, -0.2) is 0 Å². The molecule has 3 fully saturated rings. The maximum atomic E-state index is 12.7. The first-order valence-electron chi connectivity index (χ1n) is 9.16. The zero-order valence-corrected chi connectivity index (χ0v) is 14.0. The van der Waals surface area contributed by atoms with Gasteiger partial charge in [-0.2, -0.15) is 0 Å². The lowest BCUT2D eigenvalue weighted by Gasteiger charge is -2.61. The molecule has 0 amide bonds. The molecule has 0 heterocycles. The number of fused-ring (bicyclic) bond motifs is 7. The normalized spacial score (nSPS) is 59.6. The molecule has 0 saturated heterocycles. The van der Waals surface area contributed by atoms with Gasteiger partial charge in [-0.15, -0.1) is 0 Å². The van der Waals surface area contributed by atoms with Crippen molar-refractivity contribution in [3.05, 3.63) is 23.8 Å². The van der Waals surface area contributed by atoms with Crippen LogP contribution < -0.4 is 0 Å². The third-order valence-electron chi connectivity index (χ3n) is 8.31. The summed E-state index contributed by atoms with van der Waals surface area (Å²) in [6, 6.07) is 0. The van der Waals surface area contributed by atoms with Crippen molar-refractivity contribution in [2.45, 2.75) is 57.7 Å². The summed E-state index contributed by atoms with van der Waals surface area (Å²) in [5.74, 6) is 2.00. The van der Waals surface area contributed by atoms with E-state index in [2.05, 4.69) is 26.0 Å². The van der Waals surface area contributed by atoms with Gasteiger partial charge >= 0.3 is 0 Å². The first-order chi connectivity index (χ1) is 10.8. The van der Waals surface area contributed by atoms with Crippen LogP contribution in [0.5, 0.6) is 0 Å². The van der Waals surface area contributed by atoms with Crippen molar-refractivity contribution in [2.75, 3.05) is 0 Å². The minimum Gasteiger partial charge on any atom is -0.393 e. The molecule has 5 aliphatic carbocycles. The smallest absolute Gasteiger partial charge is 0.165 e. The molecule has 3 saturated carbocycles. The molecule has 0 radical (unpaired) electrons. The number of rotatable bonds is 0. The first-order valence-corrected chi connectivity index (χ1v) is 9.16. The van der Waals surface area contributed by atoms with E-state index in [1.165, 1.54) is 0 Å². The molecule has 0 aromatic carbocycles. The van der Waals surface area contributed by atoms with E-state index in [-0.39, 0.29) is 10.8 Å². The van der Waals surface area contributed by atoms with Crippen molar-refractivity contribution in [1.82, 2.24) is 0 Å². The predicted molar refractivity (Wildman–Crippen MR) is 86.4 cm³/mol. The summed E-state index contributed by atoms with van der Waals surface area (Å²) < 4.78 is 0. The van der Waals surface area contributed by atoms with Gasteiger partial charge in [-0.3, -0.25) is 4.79 Å². The highest BCUT2D eigenvalue weighted by Gasteiger charge is 2.68. The van der Waals surface area contributed by atoms with E-state index in [0.29, 0.717) is 35.9 Å². The Balaban J connectivity index is 1.58. The molecule has 5 rings (SSSR count). The average molecular weight is 314 g/mol. The topological polar surface area (TPSA) is 57.5 Å². The Morgan fingerprint density at radius 2 is 2.00 bits per heavy atom. The van der Waals surface area contributed by atoms with E-state index in [4.69, 9.17) is 0 Å². The molecule has 5 aliphatic rings. The second-order valence-electron chi connectivity index (χ2n) is 9.24. The van der Waals surface area contributed by atoms with Gasteiger partial charge in [-0.05, 0) is 49.0 Å². The average Bonchev–Trinajstić information content (AvgIpc) is 3.23. The Hall–Kier alpha value is -0.930. The number of hydrogen-bond donors (Lipinski definition) is 2. The molecule has 23 heavy (non-hydrogen) atoms. The molecule has 0 aromatic rings. The molecule has 0 aromatic heterocycles. The minimum absolute atomic E-state index is 0.173. The quantitative estimate of drug-likeness (QED) is 0.676. The van der Waals surface area contributed by atoms with Crippen LogP contribution in [-0.2, 0) is 4.79 Å². The first kappa shape index (κ1) is 14.4. The van der Waals surface area contributed by atoms with E-state index in [9.17, 15) is 15.0 Å². The second kappa shape index (κ2) is 4.00. The summed E-state index contributed by atoms with van der Waals surface area (Å²) in [7, 11) is 0. The summed E-state index contributed by atoms with van der Waals surface area (Å²) in [5.41, 5.74) is -0.160. The number of carbonyl (C=O) groups excluding carboxylic acids is 1. The number of carbonyl (C=O) groups is 1. The van der Waals surface area contributed by atoms with Crippen molar-refractivity contribution < 1.29 is 15.0 Å². The molecule has 0 bridgehead atoms. The van der Waals surface area contributed by atoms with Crippen LogP contribution in [-0.4, -0.2) is 27.7 Å². The van der Waals surface area contributed by atoms with E-state index in [1.807, 2.05) is 6.08 Å². The molecule has 0 spiro atoms. The fourth-order valence-electron chi connectivity index (χ4n) is 6.80. The van der Waals surface area contributed by atoms with Crippen LogP contribution in [0, 0.1) is 34.5 Å². The van der Waals surface area contributed by atoms with Gasteiger partial charge < -0.3 is 10.2 Å². The second-order valence-corrected chi connectivity index (χ2v) is 9.24. The zero-order chi connectivity index (χ0) is 16.2. The van der Waals surface area contributed by atoms with E-state index < -0.39 is 11.7 Å². The molecular weight excluding hydrogens is 288 g/mol. The van der Waals surface area contributed by atoms with Gasteiger partial charge in [0.15, 0.2) is 5.78 Å². The van der Waals surface area contributed by atoms with Gasteiger partial charge in [0, 0.05) is 23.2 Å². The maximum absolute atomic E-state index is 12.7. The van der Waals surface area contributed by atoms with Crippen molar-refractivity contribution in [3.63, 3.8) is 0 Å². The Bertz CT molecular complexity index is 664. The molecule has 8 atom stereocenters. The van der Waals surface area contributed by atoms with Crippen LogP contribution in [0.3, 0.4) is 0 Å². The van der Waals surface area contributed by atoms with Crippen LogP contribution in [0.2, 0.25) is 0 Å². The summed E-state index contributed by atoms with van der Waals surface area (Å²) in [5, 5.41) is 21.3. The number of ketones is 1. The monoisotopic (exact) mass is 314 g/mol. The Kier molecular flexibility index (Phi) is 2.51. The summed E-state index contributed by atoms with van der Waals surface area (Å²) in [6.07, 6.45) is 10.0. The largest absolute Gasteiger partial charge is 0.393 e. The zero-order valence-electron chi connectivity index (χ0n) is 14.0. The predicted octanol–water partition coefficient (Wildman–Crippen LogP) is 2.63. The number of aliphatic hydroxyl groups is 2. The SMILES string of the molecule is C[C@]12CCC3C(C=C[C@]4(O)CC(O)CC[C@]34C)C1[C@@H]1C=C1C2=O. The Morgan fingerprint density at radius 3 is 2.78 bits per heavy atom. The van der Waals surface area contributed by atoms with Crippen LogP contribution in [0.25, 0.3) is 0 Å². The Morgan fingerprint density at radius 1 is 1.22 bits per heavy atom. The molecule has 2 N–H and O–H groups in total. The van der Waals surface area contributed by atoms with Gasteiger partial charge in [0.25, 0.3) is 0 Å².